The van der Waals surface area contributed by atoms with Crippen molar-refractivity contribution in [3.63, 3.8) is 0 Å². The van der Waals surface area contributed by atoms with Crippen LogP contribution in [0.5, 0.6) is 0 Å². The fraction of sp³-hybridized carbons (Fsp3) is 0.0323. The summed E-state index contributed by atoms with van der Waals surface area (Å²) in [6.07, 6.45) is 0. The molecule has 3 heterocycles. The van der Waals surface area contributed by atoms with Crippen LogP contribution in [0.15, 0.2) is 108 Å². The van der Waals surface area contributed by atoms with Gasteiger partial charge in [0.05, 0.1) is 16.4 Å². The van der Waals surface area contributed by atoms with Gasteiger partial charge in [-0.25, -0.2) is 0 Å². The van der Waals surface area contributed by atoms with E-state index in [1.54, 1.807) is 0 Å². The summed E-state index contributed by atoms with van der Waals surface area (Å²) in [5, 5.41) is 7.30. The van der Waals surface area contributed by atoms with Crippen LogP contribution in [0.4, 0.5) is 0 Å². The highest BCUT2D eigenvalue weighted by Crippen LogP contribution is 2.42. The Hall–Kier alpha value is -4.50. The van der Waals surface area contributed by atoms with Gasteiger partial charge in [-0.2, -0.15) is 0 Å². The second-order valence-corrected chi connectivity index (χ2v) is 9.07. The number of aromatic nitrogens is 2. The third kappa shape index (κ3) is 2.16. The molecule has 0 unspecified atom stereocenters. The third-order valence-corrected chi connectivity index (χ3v) is 7.32. The molecule has 8 rings (SSSR count). The molecule has 0 radical (unpaired) electrons. The number of nitrogens with zero attached hydrogens (tertiary/aromatic N) is 2. The Kier molecular flexibility index (Phi) is 3.33. The van der Waals surface area contributed by atoms with Crippen molar-refractivity contribution in [2.24, 2.45) is 7.05 Å². The van der Waals surface area contributed by atoms with E-state index in [0.717, 1.165) is 22.2 Å². The zero-order valence-electron chi connectivity index (χ0n) is 18.6. The Bertz CT molecular complexity index is 2070. The second-order valence-electron chi connectivity index (χ2n) is 9.07. The summed E-state index contributed by atoms with van der Waals surface area (Å²) < 4.78 is 11.2. The van der Waals surface area contributed by atoms with E-state index in [-0.39, 0.29) is 0 Å². The minimum Gasteiger partial charge on any atom is -0.456 e. The van der Waals surface area contributed by atoms with E-state index in [4.69, 9.17) is 4.42 Å². The molecule has 3 heteroatoms. The van der Waals surface area contributed by atoms with Gasteiger partial charge in [0.15, 0.2) is 0 Å². The summed E-state index contributed by atoms with van der Waals surface area (Å²) in [4.78, 5) is 0. The quantitative estimate of drug-likeness (QED) is 0.254. The van der Waals surface area contributed by atoms with Crippen molar-refractivity contribution in [2.75, 3.05) is 0 Å². The van der Waals surface area contributed by atoms with E-state index < -0.39 is 0 Å². The zero-order chi connectivity index (χ0) is 22.4. The van der Waals surface area contributed by atoms with Crippen LogP contribution in [0.25, 0.3) is 71.2 Å². The molecule has 0 amide bonds. The standard InChI is InChI=1S/C31H20N2O/c1-32-25-13-7-5-12-21(25)23-18-29-24(17-27(23)32)30-28(34-29)16-15-22-20-11-6-8-14-26(20)33(31(22)30)19-9-3-2-4-10-19/h2-18H,1H3. The molecule has 0 saturated carbocycles. The van der Waals surface area contributed by atoms with Gasteiger partial charge in [0.1, 0.15) is 11.2 Å². The lowest BCUT2D eigenvalue weighted by Gasteiger charge is -2.08. The molecule has 5 aromatic carbocycles. The predicted molar refractivity (Wildman–Crippen MR) is 142 cm³/mol. The number of aryl methyl sites for hydroxylation is 1. The fourth-order valence-electron chi connectivity index (χ4n) is 5.81. The first-order chi connectivity index (χ1) is 16.8. The Labute approximate surface area is 195 Å². The van der Waals surface area contributed by atoms with Gasteiger partial charge in [0.25, 0.3) is 0 Å². The van der Waals surface area contributed by atoms with Crippen LogP contribution < -0.4 is 0 Å². The molecule has 0 fully saturated rings. The topological polar surface area (TPSA) is 23.0 Å². The maximum atomic E-state index is 6.49. The van der Waals surface area contributed by atoms with Gasteiger partial charge < -0.3 is 13.6 Å². The Morgan fingerprint density at radius 2 is 1.24 bits per heavy atom. The number of para-hydroxylation sites is 3. The van der Waals surface area contributed by atoms with Crippen LogP contribution >= 0.6 is 0 Å². The number of furan rings is 1. The molecule has 8 aromatic rings. The van der Waals surface area contributed by atoms with Crippen molar-refractivity contribution in [2.45, 2.75) is 0 Å². The SMILES string of the molecule is Cn1c2ccccc2c2cc3oc4ccc5c6ccccc6n(-c6ccccc6)c5c4c3cc21. The minimum atomic E-state index is 0.919. The maximum absolute atomic E-state index is 6.49. The van der Waals surface area contributed by atoms with Crippen molar-refractivity contribution in [3.05, 3.63) is 103 Å². The predicted octanol–water partition coefficient (Wildman–Crippen LogP) is 8.33. The molecule has 160 valence electrons. The van der Waals surface area contributed by atoms with Crippen LogP contribution in [-0.4, -0.2) is 9.13 Å². The molecule has 3 aromatic heterocycles. The molecule has 0 bridgehead atoms. The average Bonchev–Trinajstić information content (AvgIpc) is 3.51. The number of hydrogen-bond donors (Lipinski definition) is 0. The lowest BCUT2D eigenvalue weighted by molar-refractivity contribution is 0.669. The Balaban J connectivity index is 1.63. The molecular weight excluding hydrogens is 416 g/mol. The highest BCUT2D eigenvalue weighted by atomic mass is 16.3. The van der Waals surface area contributed by atoms with E-state index in [9.17, 15) is 0 Å². The van der Waals surface area contributed by atoms with E-state index in [1.165, 1.54) is 49.0 Å². The summed E-state index contributed by atoms with van der Waals surface area (Å²) in [5.41, 5.74) is 7.85. The molecule has 0 saturated heterocycles. The average molecular weight is 437 g/mol. The van der Waals surface area contributed by atoms with E-state index >= 15 is 0 Å². The highest BCUT2D eigenvalue weighted by molar-refractivity contribution is 6.26. The first-order valence-electron chi connectivity index (χ1n) is 11.6. The monoisotopic (exact) mass is 436 g/mol. The maximum Gasteiger partial charge on any atom is 0.137 e. The minimum absolute atomic E-state index is 0.919. The van der Waals surface area contributed by atoms with Gasteiger partial charge in [-0.3, -0.25) is 0 Å². The summed E-state index contributed by atoms with van der Waals surface area (Å²) in [6.45, 7) is 0. The largest absolute Gasteiger partial charge is 0.456 e. The van der Waals surface area contributed by atoms with Gasteiger partial charge >= 0.3 is 0 Å². The molecule has 0 N–H and O–H groups in total. The first-order valence-corrected chi connectivity index (χ1v) is 11.6. The summed E-state index contributed by atoms with van der Waals surface area (Å²) in [5.74, 6) is 0. The Morgan fingerprint density at radius 3 is 2.06 bits per heavy atom. The second kappa shape index (κ2) is 6.30. The summed E-state index contributed by atoms with van der Waals surface area (Å²) >= 11 is 0. The van der Waals surface area contributed by atoms with Crippen LogP contribution in [0.3, 0.4) is 0 Å². The highest BCUT2D eigenvalue weighted by Gasteiger charge is 2.20. The van der Waals surface area contributed by atoms with Gasteiger partial charge in [-0.15, -0.1) is 0 Å². The zero-order valence-corrected chi connectivity index (χ0v) is 18.6. The van der Waals surface area contributed by atoms with Crippen LogP contribution in [0.2, 0.25) is 0 Å². The lowest BCUT2D eigenvalue weighted by Crippen LogP contribution is -1.93. The van der Waals surface area contributed by atoms with Crippen molar-refractivity contribution < 1.29 is 4.42 Å². The van der Waals surface area contributed by atoms with Gasteiger partial charge in [0.2, 0.25) is 0 Å². The van der Waals surface area contributed by atoms with E-state index in [1.807, 2.05) is 0 Å². The molecule has 34 heavy (non-hydrogen) atoms. The molecule has 0 atom stereocenters. The van der Waals surface area contributed by atoms with Crippen LogP contribution in [0.1, 0.15) is 0 Å². The molecule has 3 nitrogen and oxygen atoms in total. The van der Waals surface area contributed by atoms with E-state index in [0.29, 0.717) is 0 Å². The van der Waals surface area contributed by atoms with Crippen LogP contribution in [-0.2, 0) is 7.05 Å². The molecule has 0 spiro atoms. The van der Waals surface area contributed by atoms with Crippen LogP contribution in [0, 0.1) is 0 Å². The number of hydrogen-bond acceptors (Lipinski definition) is 1. The fourth-order valence-corrected chi connectivity index (χ4v) is 5.81. The molecule has 0 aliphatic carbocycles. The lowest BCUT2D eigenvalue weighted by atomic mass is 10.1. The number of fused-ring (bicyclic) bond motifs is 10. The third-order valence-electron chi connectivity index (χ3n) is 7.32. The first kappa shape index (κ1) is 18.0. The Morgan fingerprint density at radius 1 is 0.529 bits per heavy atom. The van der Waals surface area contributed by atoms with E-state index in [2.05, 4.69) is 119 Å². The van der Waals surface area contributed by atoms with Crippen molar-refractivity contribution in [1.29, 1.82) is 0 Å². The summed E-state index contributed by atoms with van der Waals surface area (Å²) in [7, 11) is 2.15. The van der Waals surface area contributed by atoms with Crippen molar-refractivity contribution in [1.82, 2.24) is 9.13 Å². The summed E-state index contributed by atoms with van der Waals surface area (Å²) in [6, 6.07) is 36.7. The molecular formula is C31H20N2O. The smallest absolute Gasteiger partial charge is 0.137 e. The normalized spacial score (nSPS) is 12.3. The number of rotatable bonds is 1. The van der Waals surface area contributed by atoms with Gasteiger partial charge in [-0.05, 0) is 48.5 Å². The number of benzene rings is 5. The van der Waals surface area contributed by atoms with Crippen molar-refractivity contribution in [3.8, 4) is 5.69 Å². The molecule has 0 aliphatic rings. The van der Waals surface area contributed by atoms with Gasteiger partial charge in [0, 0.05) is 50.7 Å². The molecule has 0 aliphatic heterocycles. The van der Waals surface area contributed by atoms with Gasteiger partial charge in [-0.1, -0.05) is 54.6 Å². The van der Waals surface area contributed by atoms with Crippen molar-refractivity contribution >= 4 is 65.6 Å².